The average Bonchev–Trinajstić information content (AvgIpc) is 2.55. The van der Waals surface area contributed by atoms with E-state index in [9.17, 15) is 0 Å². The minimum Gasteiger partial charge on any atom is -0.0610 e. The van der Waals surface area contributed by atoms with Crippen molar-refractivity contribution in [3.63, 3.8) is 0 Å². The molecule has 0 amide bonds. The zero-order valence-corrected chi connectivity index (χ0v) is 10.6. The summed E-state index contributed by atoms with van der Waals surface area (Å²) in [5.41, 5.74) is 5.58. The summed E-state index contributed by atoms with van der Waals surface area (Å²) in [4.78, 5) is 0. The van der Waals surface area contributed by atoms with Crippen molar-refractivity contribution in [2.24, 2.45) is 0 Å². The normalized spacial score (nSPS) is 11.6. The zero-order valence-electron chi connectivity index (χ0n) is 10.6. The van der Waals surface area contributed by atoms with E-state index in [0.29, 0.717) is 11.8 Å². The molecule has 2 aliphatic rings. The highest BCUT2D eigenvalue weighted by atomic mass is 14.1. The number of hydrogen-bond acceptors (Lipinski definition) is 0. The molecule has 0 heterocycles. The fourth-order valence-corrected chi connectivity index (χ4v) is 2.01. The molecule has 0 heteroatoms. The SMILES string of the molecule is CC(C)c1cc2cccc-2cc(C(C)C)c1. The summed E-state index contributed by atoms with van der Waals surface area (Å²) in [6, 6.07) is 13.5. The van der Waals surface area contributed by atoms with Crippen LogP contribution in [0.15, 0.2) is 36.4 Å². The van der Waals surface area contributed by atoms with Crippen LogP contribution in [0.25, 0.3) is 11.1 Å². The van der Waals surface area contributed by atoms with Gasteiger partial charge < -0.3 is 0 Å². The standard InChI is InChI=1S/C16H20/c1-11(2)15-8-13-6-5-7-14(13)9-16(10-15)12(3)4/h5-12H,1-4H3. The van der Waals surface area contributed by atoms with E-state index in [1.54, 1.807) is 0 Å². The third kappa shape index (κ3) is 2.11. The molecule has 0 aromatic rings. The Labute approximate surface area is 98.7 Å². The Morgan fingerprint density at radius 2 is 1.12 bits per heavy atom. The molecule has 0 saturated heterocycles. The molecule has 0 nitrogen and oxygen atoms in total. The second-order valence-corrected chi connectivity index (χ2v) is 5.18. The first-order valence-corrected chi connectivity index (χ1v) is 6.11. The molecule has 0 aromatic carbocycles. The lowest BCUT2D eigenvalue weighted by Gasteiger charge is -2.06. The first-order chi connectivity index (χ1) is 7.58. The van der Waals surface area contributed by atoms with E-state index in [-0.39, 0.29) is 0 Å². The highest BCUT2D eigenvalue weighted by Crippen LogP contribution is 2.29. The first-order valence-electron chi connectivity index (χ1n) is 6.11. The molecule has 16 heavy (non-hydrogen) atoms. The van der Waals surface area contributed by atoms with Gasteiger partial charge in [0.2, 0.25) is 0 Å². The molecule has 0 spiro atoms. The number of fused-ring (bicyclic) bond motifs is 1. The van der Waals surface area contributed by atoms with Gasteiger partial charge in [-0.25, -0.2) is 0 Å². The van der Waals surface area contributed by atoms with Crippen LogP contribution >= 0.6 is 0 Å². The van der Waals surface area contributed by atoms with Crippen molar-refractivity contribution in [1.29, 1.82) is 0 Å². The molecule has 2 aliphatic carbocycles. The van der Waals surface area contributed by atoms with Crippen molar-refractivity contribution in [1.82, 2.24) is 0 Å². The Bertz CT molecular complexity index is 412. The van der Waals surface area contributed by atoms with E-state index >= 15 is 0 Å². The molecule has 0 fully saturated rings. The van der Waals surface area contributed by atoms with Crippen LogP contribution in [-0.2, 0) is 0 Å². The van der Waals surface area contributed by atoms with Crippen LogP contribution < -0.4 is 0 Å². The Morgan fingerprint density at radius 3 is 1.50 bits per heavy atom. The molecule has 0 N–H and O–H groups in total. The van der Waals surface area contributed by atoms with Gasteiger partial charge in [0.15, 0.2) is 0 Å². The second-order valence-electron chi connectivity index (χ2n) is 5.18. The Hall–Kier alpha value is -1.30. The number of hydrogen-bond donors (Lipinski definition) is 0. The summed E-state index contributed by atoms with van der Waals surface area (Å²) < 4.78 is 0. The van der Waals surface area contributed by atoms with Crippen LogP contribution in [-0.4, -0.2) is 0 Å². The van der Waals surface area contributed by atoms with Crippen molar-refractivity contribution < 1.29 is 0 Å². The van der Waals surface area contributed by atoms with Crippen molar-refractivity contribution in [2.75, 3.05) is 0 Å². The Morgan fingerprint density at radius 1 is 0.688 bits per heavy atom. The van der Waals surface area contributed by atoms with Gasteiger partial charge in [0.25, 0.3) is 0 Å². The van der Waals surface area contributed by atoms with E-state index in [2.05, 4.69) is 64.1 Å². The van der Waals surface area contributed by atoms with Gasteiger partial charge in [0.05, 0.1) is 0 Å². The lowest BCUT2D eigenvalue weighted by molar-refractivity contribution is 0.841. The summed E-state index contributed by atoms with van der Waals surface area (Å²) in [5.74, 6) is 1.17. The van der Waals surface area contributed by atoms with Gasteiger partial charge in [-0.3, -0.25) is 0 Å². The maximum absolute atomic E-state index is 2.36. The van der Waals surface area contributed by atoms with E-state index < -0.39 is 0 Å². The molecule has 0 radical (unpaired) electrons. The third-order valence-electron chi connectivity index (χ3n) is 3.20. The predicted octanol–water partition coefficient (Wildman–Crippen LogP) is 5.04. The fourth-order valence-electron chi connectivity index (χ4n) is 2.01. The maximum Gasteiger partial charge on any atom is -0.0181 e. The van der Waals surface area contributed by atoms with Crippen molar-refractivity contribution >= 4 is 0 Å². The van der Waals surface area contributed by atoms with Gasteiger partial charge in [-0.05, 0) is 34.1 Å². The smallest absolute Gasteiger partial charge is 0.0181 e. The summed E-state index contributed by atoms with van der Waals surface area (Å²) in [5, 5.41) is 0. The average molecular weight is 212 g/mol. The van der Waals surface area contributed by atoms with Gasteiger partial charge in [0, 0.05) is 0 Å². The molecular formula is C16H20. The molecule has 0 atom stereocenters. The monoisotopic (exact) mass is 212 g/mol. The Balaban J connectivity index is 2.64. The van der Waals surface area contributed by atoms with E-state index in [0.717, 1.165) is 0 Å². The maximum atomic E-state index is 2.36. The molecule has 0 saturated carbocycles. The molecule has 0 unspecified atom stereocenters. The molecular weight excluding hydrogens is 192 g/mol. The lowest BCUT2D eigenvalue weighted by atomic mass is 10.00. The fraction of sp³-hybridized carbons (Fsp3) is 0.375. The van der Waals surface area contributed by atoms with Crippen LogP contribution in [0, 0.1) is 0 Å². The van der Waals surface area contributed by atoms with E-state index in [1.807, 2.05) is 0 Å². The van der Waals surface area contributed by atoms with Gasteiger partial charge in [-0.2, -0.15) is 0 Å². The van der Waals surface area contributed by atoms with Crippen LogP contribution in [0.4, 0.5) is 0 Å². The highest BCUT2D eigenvalue weighted by Gasteiger charge is 2.08. The summed E-state index contributed by atoms with van der Waals surface area (Å²) >= 11 is 0. The van der Waals surface area contributed by atoms with Crippen LogP contribution in [0.5, 0.6) is 0 Å². The van der Waals surface area contributed by atoms with Crippen molar-refractivity contribution in [3.05, 3.63) is 47.5 Å². The minimum atomic E-state index is 0.586. The van der Waals surface area contributed by atoms with Crippen LogP contribution in [0.3, 0.4) is 0 Å². The summed E-state index contributed by atoms with van der Waals surface area (Å²) in [6.07, 6.45) is 0. The van der Waals surface area contributed by atoms with Crippen molar-refractivity contribution in [2.45, 2.75) is 39.5 Å². The molecule has 0 aromatic heterocycles. The van der Waals surface area contributed by atoms with Gasteiger partial charge in [-0.15, -0.1) is 0 Å². The van der Waals surface area contributed by atoms with E-state index in [1.165, 1.54) is 22.3 Å². The highest BCUT2D eigenvalue weighted by molar-refractivity contribution is 5.67. The largest absolute Gasteiger partial charge is 0.0610 e. The molecule has 0 bridgehead atoms. The van der Waals surface area contributed by atoms with Gasteiger partial charge >= 0.3 is 0 Å². The van der Waals surface area contributed by atoms with Crippen LogP contribution in [0.2, 0.25) is 0 Å². The summed E-state index contributed by atoms with van der Waals surface area (Å²) in [6.45, 7) is 9.03. The summed E-state index contributed by atoms with van der Waals surface area (Å²) in [7, 11) is 0. The van der Waals surface area contributed by atoms with Crippen molar-refractivity contribution in [3.8, 4) is 11.1 Å². The van der Waals surface area contributed by atoms with E-state index in [4.69, 9.17) is 0 Å². The second kappa shape index (κ2) is 4.29. The van der Waals surface area contributed by atoms with Gasteiger partial charge in [0.1, 0.15) is 0 Å². The predicted molar refractivity (Wildman–Crippen MR) is 71.2 cm³/mol. The quantitative estimate of drug-likeness (QED) is 0.654. The molecule has 84 valence electrons. The first kappa shape index (κ1) is 11.2. The van der Waals surface area contributed by atoms with Gasteiger partial charge in [-0.1, -0.05) is 64.1 Å². The third-order valence-corrected chi connectivity index (χ3v) is 3.20. The minimum absolute atomic E-state index is 0.586. The topological polar surface area (TPSA) is 0 Å². The lowest BCUT2D eigenvalue weighted by Crippen LogP contribution is -1.88. The Kier molecular flexibility index (Phi) is 3.00. The van der Waals surface area contributed by atoms with Crippen LogP contribution in [0.1, 0.15) is 50.7 Å². The molecule has 2 rings (SSSR count). The molecule has 0 aliphatic heterocycles. The zero-order chi connectivity index (χ0) is 11.7. The number of rotatable bonds is 2.